The van der Waals surface area contributed by atoms with E-state index < -0.39 is 21.3 Å². The highest BCUT2D eigenvalue weighted by Gasteiger charge is 2.20. The van der Waals surface area contributed by atoms with E-state index in [9.17, 15) is 18.0 Å². The van der Waals surface area contributed by atoms with E-state index in [2.05, 4.69) is 20.0 Å². The number of fused-ring (bicyclic) bond motifs is 1. The molecule has 0 spiro atoms. The van der Waals surface area contributed by atoms with Crippen molar-refractivity contribution in [1.29, 1.82) is 0 Å². The number of rotatable bonds is 4. The summed E-state index contributed by atoms with van der Waals surface area (Å²) in [5.41, 5.74) is -1.12. The van der Waals surface area contributed by atoms with Gasteiger partial charge in [0.1, 0.15) is 10.5 Å². The van der Waals surface area contributed by atoms with Crippen molar-refractivity contribution < 1.29 is 8.42 Å². The van der Waals surface area contributed by atoms with Gasteiger partial charge in [-0.15, -0.1) is 0 Å². The van der Waals surface area contributed by atoms with Crippen molar-refractivity contribution in [3.63, 3.8) is 0 Å². The van der Waals surface area contributed by atoms with Gasteiger partial charge in [-0.3, -0.25) is 14.3 Å². The van der Waals surface area contributed by atoms with Gasteiger partial charge in [-0.1, -0.05) is 0 Å². The first kappa shape index (κ1) is 16.8. The molecule has 1 fully saturated rings. The Balaban J connectivity index is 1.90. The Morgan fingerprint density at radius 1 is 1.42 bits per heavy atom. The summed E-state index contributed by atoms with van der Waals surface area (Å²) in [6.07, 6.45) is 3.14. The maximum atomic E-state index is 12.4. The number of sulfonamides is 1. The predicted molar refractivity (Wildman–Crippen MR) is 88.4 cm³/mol. The molecule has 0 bridgehead atoms. The smallest absolute Gasteiger partial charge is 0.316 e. The first-order valence-electron chi connectivity index (χ1n) is 7.68. The average Bonchev–Trinajstić information content (AvgIpc) is 2.58. The lowest BCUT2D eigenvalue weighted by Gasteiger charge is -2.22. The maximum Gasteiger partial charge on any atom is 0.329 e. The molecule has 3 N–H and O–H groups in total. The number of aromatic nitrogens is 3. The first-order chi connectivity index (χ1) is 11.4. The molecule has 2 aromatic heterocycles. The van der Waals surface area contributed by atoms with Crippen LogP contribution in [0.4, 0.5) is 0 Å². The summed E-state index contributed by atoms with van der Waals surface area (Å²) in [5, 5.41) is 3.28. The molecule has 3 heterocycles. The van der Waals surface area contributed by atoms with Crippen molar-refractivity contribution in [2.45, 2.75) is 17.7 Å². The molecule has 0 saturated carbocycles. The van der Waals surface area contributed by atoms with Crippen LogP contribution < -0.4 is 21.3 Å². The van der Waals surface area contributed by atoms with Gasteiger partial charge in [0, 0.05) is 19.8 Å². The largest absolute Gasteiger partial charge is 0.329 e. The van der Waals surface area contributed by atoms with Crippen LogP contribution in [-0.2, 0) is 17.1 Å². The van der Waals surface area contributed by atoms with E-state index in [-0.39, 0.29) is 21.8 Å². The standard InChI is InChI=1S/C14H19N5O4S/c1-19-12-11(13(20)18-14(19)21)5-10(8-16-12)24(22,23)17-7-9-3-2-4-15-6-9/h5,8-9,15,17H,2-4,6-7H2,1H3,(H,18,20,21). The van der Waals surface area contributed by atoms with Crippen molar-refractivity contribution in [1.82, 2.24) is 24.6 Å². The number of piperidine rings is 1. The van der Waals surface area contributed by atoms with Crippen LogP contribution in [0.2, 0.25) is 0 Å². The minimum Gasteiger partial charge on any atom is -0.316 e. The second-order valence-corrected chi connectivity index (χ2v) is 7.69. The zero-order valence-corrected chi connectivity index (χ0v) is 14.0. The van der Waals surface area contributed by atoms with E-state index in [4.69, 9.17) is 0 Å². The van der Waals surface area contributed by atoms with E-state index in [1.165, 1.54) is 13.1 Å². The summed E-state index contributed by atoms with van der Waals surface area (Å²) < 4.78 is 28.6. The molecule has 1 aliphatic rings. The number of aryl methyl sites for hydroxylation is 1. The topological polar surface area (TPSA) is 126 Å². The van der Waals surface area contributed by atoms with Gasteiger partial charge >= 0.3 is 5.69 Å². The highest BCUT2D eigenvalue weighted by molar-refractivity contribution is 7.89. The molecule has 0 aliphatic carbocycles. The molecule has 1 saturated heterocycles. The number of pyridine rings is 1. The van der Waals surface area contributed by atoms with Gasteiger partial charge in [0.2, 0.25) is 10.0 Å². The van der Waals surface area contributed by atoms with E-state index in [0.29, 0.717) is 6.54 Å². The number of H-pyrrole nitrogens is 1. The normalized spacial score (nSPS) is 18.8. The van der Waals surface area contributed by atoms with E-state index in [1.54, 1.807) is 0 Å². The Morgan fingerprint density at radius 3 is 2.92 bits per heavy atom. The Morgan fingerprint density at radius 2 is 2.21 bits per heavy atom. The fraction of sp³-hybridized carbons (Fsp3) is 0.500. The molecule has 24 heavy (non-hydrogen) atoms. The molecule has 2 aromatic rings. The second-order valence-electron chi connectivity index (χ2n) is 5.92. The molecule has 1 atom stereocenters. The Labute approximate surface area is 138 Å². The summed E-state index contributed by atoms with van der Waals surface area (Å²) in [5.74, 6) is 0.242. The number of aromatic amines is 1. The molecular weight excluding hydrogens is 334 g/mol. The van der Waals surface area contributed by atoms with Crippen molar-refractivity contribution in [3.05, 3.63) is 33.1 Å². The third kappa shape index (κ3) is 3.25. The van der Waals surface area contributed by atoms with Crippen LogP contribution in [0, 0.1) is 5.92 Å². The van der Waals surface area contributed by atoms with E-state index in [1.807, 2.05) is 0 Å². The van der Waals surface area contributed by atoms with Crippen molar-refractivity contribution in [2.75, 3.05) is 19.6 Å². The zero-order chi connectivity index (χ0) is 17.3. The summed E-state index contributed by atoms with van der Waals surface area (Å²) in [6, 6.07) is 1.24. The molecule has 0 radical (unpaired) electrons. The second kappa shape index (κ2) is 6.46. The highest BCUT2D eigenvalue weighted by atomic mass is 32.2. The van der Waals surface area contributed by atoms with Crippen molar-refractivity contribution in [2.24, 2.45) is 13.0 Å². The number of nitrogens with zero attached hydrogens (tertiary/aromatic N) is 2. The monoisotopic (exact) mass is 353 g/mol. The molecule has 130 valence electrons. The van der Waals surface area contributed by atoms with Gasteiger partial charge in [-0.25, -0.2) is 22.9 Å². The maximum absolute atomic E-state index is 12.4. The Bertz CT molecular complexity index is 973. The number of nitrogens with one attached hydrogen (secondary N) is 3. The van der Waals surface area contributed by atoms with Crippen LogP contribution in [0.25, 0.3) is 11.0 Å². The molecule has 1 aliphatic heterocycles. The molecule has 1 unspecified atom stereocenters. The number of hydrogen-bond acceptors (Lipinski definition) is 6. The minimum atomic E-state index is -3.77. The minimum absolute atomic E-state index is 0.0549. The van der Waals surface area contributed by atoms with Gasteiger partial charge in [0.15, 0.2) is 0 Å². The lowest BCUT2D eigenvalue weighted by atomic mass is 10.0. The SMILES string of the molecule is Cn1c(=O)[nH]c(=O)c2cc(S(=O)(=O)NCC3CCCNC3)cnc21. The van der Waals surface area contributed by atoms with Gasteiger partial charge in [0.25, 0.3) is 5.56 Å². The number of hydrogen-bond donors (Lipinski definition) is 3. The van der Waals surface area contributed by atoms with Crippen LogP contribution in [0.1, 0.15) is 12.8 Å². The van der Waals surface area contributed by atoms with Crippen LogP contribution in [0.5, 0.6) is 0 Å². The first-order valence-corrected chi connectivity index (χ1v) is 9.16. The van der Waals surface area contributed by atoms with Crippen LogP contribution >= 0.6 is 0 Å². The summed E-state index contributed by atoms with van der Waals surface area (Å²) >= 11 is 0. The quantitative estimate of drug-likeness (QED) is 0.640. The zero-order valence-electron chi connectivity index (χ0n) is 13.2. The van der Waals surface area contributed by atoms with E-state index >= 15 is 0 Å². The average molecular weight is 353 g/mol. The fourth-order valence-corrected chi connectivity index (χ4v) is 3.86. The van der Waals surface area contributed by atoms with Gasteiger partial charge in [0.05, 0.1) is 5.39 Å². The fourth-order valence-electron chi connectivity index (χ4n) is 2.77. The molecule has 10 heteroatoms. The molecule has 9 nitrogen and oxygen atoms in total. The third-order valence-electron chi connectivity index (χ3n) is 4.20. The third-order valence-corrected chi connectivity index (χ3v) is 5.59. The Hall–Kier alpha value is -2.04. The lowest BCUT2D eigenvalue weighted by molar-refractivity contribution is 0.376. The predicted octanol–water partition coefficient (Wildman–Crippen LogP) is -1.10. The van der Waals surface area contributed by atoms with Crippen LogP contribution in [0.3, 0.4) is 0 Å². The van der Waals surface area contributed by atoms with Crippen molar-refractivity contribution in [3.8, 4) is 0 Å². The van der Waals surface area contributed by atoms with Crippen molar-refractivity contribution >= 4 is 21.1 Å². The lowest BCUT2D eigenvalue weighted by Crippen LogP contribution is -2.38. The van der Waals surface area contributed by atoms with Gasteiger partial charge < -0.3 is 5.32 Å². The Kier molecular flexibility index (Phi) is 4.52. The molecular formula is C14H19N5O4S. The van der Waals surface area contributed by atoms with Crippen LogP contribution in [-0.4, -0.2) is 42.6 Å². The molecule has 0 amide bonds. The van der Waals surface area contributed by atoms with E-state index in [0.717, 1.165) is 36.7 Å². The van der Waals surface area contributed by atoms with Gasteiger partial charge in [-0.2, -0.15) is 0 Å². The van der Waals surface area contributed by atoms with Crippen LogP contribution in [0.15, 0.2) is 26.7 Å². The summed E-state index contributed by atoms with van der Waals surface area (Å²) in [4.78, 5) is 29.5. The molecule has 3 rings (SSSR count). The summed E-state index contributed by atoms with van der Waals surface area (Å²) in [7, 11) is -2.32. The highest BCUT2D eigenvalue weighted by Crippen LogP contribution is 2.14. The van der Waals surface area contributed by atoms with Gasteiger partial charge in [-0.05, 0) is 37.9 Å². The molecule has 0 aromatic carbocycles. The summed E-state index contributed by atoms with van der Waals surface area (Å²) in [6.45, 7) is 2.07.